The number of rotatable bonds is 7. The van der Waals surface area contributed by atoms with Crippen molar-refractivity contribution in [2.24, 2.45) is 5.41 Å². The third kappa shape index (κ3) is 5.55. The summed E-state index contributed by atoms with van der Waals surface area (Å²) in [4.78, 5) is 19.5. The number of piperazine rings is 1. The van der Waals surface area contributed by atoms with Crippen LogP contribution in [0, 0.1) is 5.41 Å². The Bertz CT molecular complexity index is 552. The smallest absolute Gasteiger partial charge is 0.236 e. The lowest BCUT2D eigenvalue weighted by molar-refractivity contribution is -0.136. The maximum Gasteiger partial charge on any atom is 0.236 e. The Morgan fingerprint density at radius 2 is 1.60 bits per heavy atom. The van der Waals surface area contributed by atoms with Crippen LogP contribution in [0.1, 0.15) is 32.3 Å². The van der Waals surface area contributed by atoms with E-state index in [0.717, 1.165) is 39.1 Å². The van der Waals surface area contributed by atoms with Crippen LogP contribution in [0.3, 0.4) is 0 Å². The van der Waals surface area contributed by atoms with Crippen molar-refractivity contribution in [3.05, 3.63) is 35.9 Å². The Labute approximate surface area is 152 Å². The molecular weight excluding hydrogens is 310 g/mol. The average molecular weight is 344 g/mol. The monoisotopic (exact) mass is 343 g/mol. The minimum Gasteiger partial charge on any atom is -0.340 e. The molecule has 25 heavy (non-hydrogen) atoms. The highest BCUT2D eigenvalue weighted by Crippen LogP contribution is 2.22. The highest BCUT2D eigenvalue weighted by molar-refractivity contribution is 5.79. The van der Waals surface area contributed by atoms with E-state index in [1.807, 2.05) is 11.0 Å². The summed E-state index contributed by atoms with van der Waals surface area (Å²) in [5, 5.41) is 0. The number of benzene rings is 1. The van der Waals surface area contributed by atoms with E-state index >= 15 is 0 Å². The summed E-state index contributed by atoms with van der Waals surface area (Å²) in [7, 11) is 0. The van der Waals surface area contributed by atoms with Gasteiger partial charge in [-0.2, -0.15) is 0 Å². The summed E-state index contributed by atoms with van der Waals surface area (Å²) in [5.74, 6) is 0.291. The quantitative estimate of drug-likeness (QED) is 0.761. The molecule has 3 rings (SSSR count). The molecule has 2 aliphatic heterocycles. The third-order valence-electron chi connectivity index (χ3n) is 5.41. The van der Waals surface area contributed by atoms with Gasteiger partial charge in [0.15, 0.2) is 0 Å². The first-order valence-electron chi connectivity index (χ1n) is 9.78. The number of nitrogens with zero attached hydrogens (tertiary/aromatic N) is 3. The highest BCUT2D eigenvalue weighted by Gasteiger charge is 2.30. The zero-order valence-electron chi connectivity index (χ0n) is 15.9. The van der Waals surface area contributed by atoms with Gasteiger partial charge in [0, 0.05) is 32.7 Å². The van der Waals surface area contributed by atoms with Gasteiger partial charge in [0.1, 0.15) is 0 Å². The first-order valence-corrected chi connectivity index (χ1v) is 9.78. The standard InChI is InChI=1S/C21H33N3O/c1-21(2,17-22-11-6-7-12-22)18-23-14-15-24(20(25)16-23)13-10-19-8-4-3-5-9-19/h3-5,8-9H,6-7,10-18H2,1-2H3. The second-order valence-electron chi connectivity index (χ2n) is 8.47. The second kappa shape index (κ2) is 8.33. The maximum atomic E-state index is 12.5. The minimum absolute atomic E-state index is 0.247. The van der Waals surface area contributed by atoms with Gasteiger partial charge in [0.25, 0.3) is 0 Å². The van der Waals surface area contributed by atoms with Crippen molar-refractivity contribution >= 4 is 5.91 Å². The molecule has 1 aromatic rings. The molecule has 0 spiro atoms. The van der Waals surface area contributed by atoms with Crippen LogP contribution in [0.5, 0.6) is 0 Å². The van der Waals surface area contributed by atoms with Crippen molar-refractivity contribution in [1.29, 1.82) is 0 Å². The van der Waals surface area contributed by atoms with Crippen molar-refractivity contribution < 1.29 is 4.79 Å². The van der Waals surface area contributed by atoms with Crippen LogP contribution in [-0.4, -0.2) is 73.0 Å². The molecule has 0 saturated carbocycles. The number of carbonyl (C=O) groups is 1. The van der Waals surface area contributed by atoms with Gasteiger partial charge < -0.3 is 9.80 Å². The van der Waals surface area contributed by atoms with E-state index in [2.05, 4.69) is 47.9 Å². The van der Waals surface area contributed by atoms with Crippen LogP contribution in [-0.2, 0) is 11.2 Å². The molecular formula is C21H33N3O. The van der Waals surface area contributed by atoms with Gasteiger partial charge in [-0.1, -0.05) is 44.2 Å². The lowest BCUT2D eigenvalue weighted by Gasteiger charge is -2.39. The van der Waals surface area contributed by atoms with E-state index in [-0.39, 0.29) is 5.41 Å². The number of hydrogen-bond acceptors (Lipinski definition) is 3. The summed E-state index contributed by atoms with van der Waals surface area (Å²) < 4.78 is 0. The van der Waals surface area contributed by atoms with Crippen molar-refractivity contribution in [2.45, 2.75) is 33.1 Å². The molecule has 0 atom stereocenters. The molecule has 1 amide bonds. The fraction of sp³-hybridized carbons (Fsp3) is 0.667. The Balaban J connectivity index is 1.43. The predicted octanol–water partition coefficient (Wildman–Crippen LogP) is 2.50. The Kier molecular flexibility index (Phi) is 6.13. The number of hydrogen-bond donors (Lipinski definition) is 0. The Hall–Kier alpha value is -1.39. The van der Waals surface area contributed by atoms with Gasteiger partial charge in [-0.25, -0.2) is 0 Å². The van der Waals surface area contributed by atoms with Crippen LogP contribution in [0.25, 0.3) is 0 Å². The fourth-order valence-electron chi connectivity index (χ4n) is 4.24. The van der Waals surface area contributed by atoms with E-state index in [4.69, 9.17) is 0 Å². The topological polar surface area (TPSA) is 26.8 Å². The molecule has 2 heterocycles. The molecule has 1 aromatic carbocycles. The van der Waals surface area contributed by atoms with Crippen LogP contribution in [0.2, 0.25) is 0 Å². The van der Waals surface area contributed by atoms with Crippen LogP contribution in [0.15, 0.2) is 30.3 Å². The number of amides is 1. The minimum atomic E-state index is 0.247. The summed E-state index contributed by atoms with van der Waals surface area (Å²) in [6.07, 6.45) is 3.64. The molecule has 4 heteroatoms. The summed E-state index contributed by atoms with van der Waals surface area (Å²) in [5.41, 5.74) is 1.56. The maximum absolute atomic E-state index is 12.5. The highest BCUT2D eigenvalue weighted by atomic mass is 16.2. The van der Waals surface area contributed by atoms with Gasteiger partial charge in [0.05, 0.1) is 6.54 Å². The number of carbonyl (C=O) groups excluding carboxylic acids is 1. The second-order valence-corrected chi connectivity index (χ2v) is 8.47. The van der Waals surface area contributed by atoms with E-state index in [1.165, 1.54) is 31.5 Å². The van der Waals surface area contributed by atoms with E-state index in [1.54, 1.807) is 0 Å². The van der Waals surface area contributed by atoms with Crippen LogP contribution >= 0.6 is 0 Å². The molecule has 138 valence electrons. The molecule has 0 unspecified atom stereocenters. The van der Waals surface area contributed by atoms with Gasteiger partial charge in [-0.05, 0) is 43.3 Å². The zero-order valence-corrected chi connectivity index (χ0v) is 15.9. The molecule has 0 N–H and O–H groups in total. The van der Waals surface area contributed by atoms with E-state index in [0.29, 0.717) is 12.5 Å². The SMILES string of the molecule is CC(C)(CN1CCCC1)CN1CCN(CCc2ccccc2)C(=O)C1. The normalized spacial score (nSPS) is 20.4. The average Bonchev–Trinajstić information content (AvgIpc) is 3.07. The fourth-order valence-corrected chi connectivity index (χ4v) is 4.24. The van der Waals surface area contributed by atoms with Gasteiger partial charge in [0.2, 0.25) is 5.91 Å². The summed E-state index contributed by atoms with van der Waals surface area (Å²) in [6, 6.07) is 10.5. The first-order chi connectivity index (χ1) is 12.0. The predicted molar refractivity (Wildman–Crippen MR) is 103 cm³/mol. The molecule has 2 saturated heterocycles. The molecule has 0 radical (unpaired) electrons. The van der Waals surface area contributed by atoms with Crippen molar-refractivity contribution in [1.82, 2.24) is 14.7 Å². The van der Waals surface area contributed by atoms with E-state index in [9.17, 15) is 4.79 Å². The van der Waals surface area contributed by atoms with Gasteiger partial charge >= 0.3 is 0 Å². The van der Waals surface area contributed by atoms with Gasteiger partial charge in [-0.15, -0.1) is 0 Å². The molecule has 0 aromatic heterocycles. The molecule has 2 aliphatic rings. The van der Waals surface area contributed by atoms with Crippen LogP contribution < -0.4 is 0 Å². The van der Waals surface area contributed by atoms with E-state index < -0.39 is 0 Å². The summed E-state index contributed by atoms with van der Waals surface area (Å²) >= 11 is 0. The lowest BCUT2D eigenvalue weighted by atomic mass is 9.91. The Morgan fingerprint density at radius 1 is 0.920 bits per heavy atom. The van der Waals surface area contributed by atoms with Crippen molar-refractivity contribution in [2.75, 3.05) is 52.4 Å². The van der Waals surface area contributed by atoms with Crippen molar-refractivity contribution in [3.8, 4) is 0 Å². The molecule has 0 aliphatic carbocycles. The molecule has 2 fully saturated rings. The first kappa shape index (κ1) is 18.4. The lowest BCUT2D eigenvalue weighted by Crippen LogP contribution is -2.53. The Morgan fingerprint density at radius 3 is 2.28 bits per heavy atom. The van der Waals surface area contributed by atoms with Crippen molar-refractivity contribution in [3.63, 3.8) is 0 Å². The van der Waals surface area contributed by atoms with Gasteiger partial charge in [-0.3, -0.25) is 9.69 Å². The largest absolute Gasteiger partial charge is 0.340 e. The molecule has 4 nitrogen and oxygen atoms in total. The number of likely N-dealkylation sites (tertiary alicyclic amines) is 1. The zero-order chi connectivity index (χ0) is 17.7. The summed E-state index contributed by atoms with van der Waals surface area (Å²) in [6.45, 7) is 12.6. The van der Waals surface area contributed by atoms with Crippen LogP contribution in [0.4, 0.5) is 0 Å². The third-order valence-corrected chi connectivity index (χ3v) is 5.41. The molecule has 0 bridgehead atoms.